The number of allylic oxidation sites excluding steroid dienone is 2. The number of alkyl halides is 4. The molecule has 0 aliphatic carbocycles. The molecule has 12 heavy (non-hydrogen) atoms. The minimum absolute atomic E-state index is 0.487. The predicted molar refractivity (Wildman–Crippen MR) is 40.9 cm³/mol. The first-order valence-electron chi connectivity index (χ1n) is 2.94. The first-order chi connectivity index (χ1) is 5.38. The lowest BCUT2D eigenvalue weighted by molar-refractivity contribution is -0.156. The van der Waals surface area contributed by atoms with E-state index in [-0.39, 0.29) is 0 Å². The zero-order chi connectivity index (χ0) is 9.41. The Balaban J connectivity index is 3.01. The van der Waals surface area contributed by atoms with Crippen LogP contribution in [0.4, 0.5) is 13.2 Å². The van der Waals surface area contributed by atoms with Crippen molar-refractivity contribution in [2.24, 2.45) is 0 Å². The lowest BCUT2D eigenvalue weighted by Gasteiger charge is -2.30. The summed E-state index contributed by atoms with van der Waals surface area (Å²) in [6.07, 6.45) is -1.09. The summed E-state index contributed by atoms with van der Waals surface area (Å²) in [5.74, 6) is 0. The zero-order valence-electron chi connectivity index (χ0n) is 5.62. The van der Waals surface area contributed by atoms with Gasteiger partial charge in [-0.05, 0) is 18.4 Å². The highest BCUT2D eigenvalue weighted by molar-refractivity contribution is 6.40. The van der Waals surface area contributed by atoms with Gasteiger partial charge >= 0.3 is 6.18 Å². The minimum atomic E-state index is -4.62. The Bertz CT molecular complexity index is 246. The number of nitrogens with one attached hydrogen (secondary N) is 1. The third kappa shape index (κ3) is 1.41. The molecule has 1 aliphatic heterocycles. The second-order valence-electron chi connectivity index (χ2n) is 2.17. The quantitative estimate of drug-likeness (QED) is 0.486. The second-order valence-corrected chi connectivity index (χ2v) is 3.15. The molecule has 0 bridgehead atoms. The van der Waals surface area contributed by atoms with Gasteiger partial charge in [0.2, 0.25) is 5.00 Å². The molecular formula is C6H4Cl2F3N. The van der Waals surface area contributed by atoms with E-state index >= 15 is 0 Å². The molecule has 0 saturated carbocycles. The van der Waals surface area contributed by atoms with Gasteiger partial charge in [-0.2, -0.15) is 13.2 Å². The summed E-state index contributed by atoms with van der Waals surface area (Å²) in [7, 11) is 0. The van der Waals surface area contributed by atoms with E-state index in [0.29, 0.717) is 0 Å². The molecule has 0 aromatic heterocycles. The molecule has 0 spiro atoms. The van der Waals surface area contributed by atoms with Crippen LogP contribution in [0.1, 0.15) is 0 Å². The van der Waals surface area contributed by atoms with E-state index in [1.54, 1.807) is 0 Å². The highest BCUT2D eigenvalue weighted by Gasteiger charge is 2.56. The number of hydrogen-bond donors (Lipinski definition) is 1. The second kappa shape index (κ2) is 2.85. The fraction of sp³-hybridized carbons (Fsp3) is 0.333. The average Bonchev–Trinajstić information content (AvgIpc) is 1.93. The summed E-state index contributed by atoms with van der Waals surface area (Å²) in [6.45, 7) is 0. The maximum atomic E-state index is 12.2. The SMILES string of the molecule is FC(F)(F)C1(Cl)NC=CC=C1Cl. The molecule has 1 atom stereocenters. The van der Waals surface area contributed by atoms with E-state index in [4.69, 9.17) is 23.2 Å². The Kier molecular flexibility index (Phi) is 2.31. The summed E-state index contributed by atoms with van der Waals surface area (Å²) in [5.41, 5.74) is 0. The third-order valence-corrected chi connectivity index (χ3v) is 2.37. The van der Waals surface area contributed by atoms with E-state index in [9.17, 15) is 13.2 Å². The summed E-state index contributed by atoms with van der Waals surface area (Å²) < 4.78 is 36.7. The van der Waals surface area contributed by atoms with Gasteiger partial charge in [-0.3, -0.25) is 0 Å². The molecule has 0 saturated heterocycles. The number of dihydropyridines is 1. The smallest absolute Gasteiger partial charge is 0.361 e. The van der Waals surface area contributed by atoms with Gasteiger partial charge in [0.1, 0.15) is 0 Å². The Morgan fingerprint density at radius 1 is 1.42 bits per heavy atom. The molecule has 1 rings (SSSR count). The molecule has 0 aromatic rings. The van der Waals surface area contributed by atoms with Crippen molar-refractivity contribution in [1.29, 1.82) is 0 Å². The van der Waals surface area contributed by atoms with E-state index in [1.807, 2.05) is 5.32 Å². The molecule has 6 heteroatoms. The molecule has 0 amide bonds. The highest BCUT2D eigenvalue weighted by atomic mass is 35.5. The van der Waals surface area contributed by atoms with E-state index in [0.717, 1.165) is 12.3 Å². The molecule has 1 aliphatic rings. The van der Waals surface area contributed by atoms with Crippen LogP contribution < -0.4 is 5.32 Å². The first-order valence-corrected chi connectivity index (χ1v) is 3.69. The maximum Gasteiger partial charge on any atom is 0.430 e. The Labute approximate surface area is 76.8 Å². The van der Waals surface area contributed by atoms with Crippen LogP contribution in [0, 0.1) is 0 Å². The lowest BCUT2D eigenvalue weighted by Crippen LogP contribution is -2.51. The van der Waals surface area contributed by atoms with Crippen LogP contribution in [0.2, 0.25) is 0 Å². The van der Waals surface area contributed by atoms with Crippen molar-refractivity contribution < 1.29 is 13.2 Å². The van der Waals surface area contributed by atoms with E-state index < -0.39 is 16.2 Å². The van der Waals surface area contributed by atoms with Crippen LogP contribution in [0.5, 0.6) is 0 Å². The van der Waals surface area contributed by atoms with Crippen LogP contribution in [0.25, 0.3) is 0 Å². The number of halogens is 5. The predicted octanol–water partition coefficient (Wildman–Crippen LogP) is 2.72. The third-order valence-electron chi connectivity index (χ3n) is 1.34. The molecule has 1 unspecified atom stereocenters. The minimum Gasteiger partial charge on any atom is -0.361 e. The summed E-state index contributed by atoms with van der Waals surface area (Å²) in [6, 6.07) is 0. The largest absolute Gasteiger partial charge is 0.430 e. The van der Waals surface area contributed by atoms with Crippen molar-refractivity contribution in [2.75, 3.05) is 0 Å². The van der Waals surface area contributed by atoms with Gasteiger partial charge in [-0.15, -0.1) is 0 Å². The molecule has 1 heterocycles. The summed E-state index contributed by atoms with van der Waals surface area (Å²) >= 11 is 10.5. The van der Waals surface area contributed by atoms with Crippen LogP contribution >= 0.6 is 23.2 Å². The average molecular weight is 218 g/mol. The van der Waals surface area contributed by atoms with Gasteiger partial charge in [0, 0.05) is 0 Å². The van der Waals surface area contributed by atoms with Gasteiger partial charge in [-0.25, -0.2) is 0 Å². The molecule has 1 nitrogen and oxygen atoms in total. The fourth-order valence-electron chi connectivity index (χ4n) is 0.697. The first kappa shape index (κ1) is 9.74. The normalized spacial score (nSPS) is 29.6. The molecule has 0 aromatic carbocycles. The van der Waals surface area contributed by atoms with Crippen LogP contribution in [-0.4, -0.2) is 11.2 Å². The van der Waals surface area contributed by atoms with E-state index in [1.165, 1.54) is 6.08 Å². The lowest BCUT2D eigenvalue weighted by atomic mass is 10.2. The van der Waals surface area contributed by atoms with Crippen molar-refractivity contribution in [1.82, 2.24) is 5.32 Å². The van der Waals surface area contributed by atoms with E-state index in [2.05, 4.69) is 0 Å². The summed E-state index contributed by atoms with van der Waals surface area (Å²) in [5, 5.41) is 1.46. The number of rotatable bonds is 0. The zero-order valence-corrected chi connectivity index (χ0v) is 7.13. The summed E-state index contributed by atoms with van der Waals surface area (Å²) in [4.78, 5) is -2.66. The molecule has 68 valence electrons. The molecule has 0 fully saturated rings. The maximum absolute atomic E-state index is 12.2. The number of hydrogen-bond acceptors (Lipinski definition) is 1. The highest BCUT2D eigenvalue weighted by Crippen LogP contribution is 2.42. The van der Waals surface area contributed by atoms with Crippen molar-refractivity contribution in [2.45, 2.75) is 11.2 Å². The van der Waals surface area contributed by atoms with Crippen molar-refractivity contribution >= 4 is 23.2 Å². The van der Waals surface area contributed by atoms with Gasteiger partial charge < -0.3 is 5.32 Å². The molecule has 0 radical (unpaired) electrons. The van der Waals surface area contributed by atoms with Gasteiger partial charge in [0.05, 0.1) is 5.03 Å². The molecule has 1 N–H and O–H groups in total. The Morgan fingerprint density at radius 3 is 2.33 bits per heavy atom. The monoisotopic (exact) mass is 217 g/mol. The Hall–Kier alpha value is -0.350. The van der Waals surface area contributed by atoms with Crippen LogP contribution in [0.3, 0.4) is 0 Å². The fourth-order valence-corrected chi connectivity index (χ4v) is 1.06. The van der Waals surface area contributed by atoms with Crippen LogP contribution in [0.15, 0.2) is 23.4 Å². The van der Waals surface area contributed by atoms with Crippen LogP contribution in [-0.2, 0) is 0 Å². The van der Waals surface area contributed by atoms with Gasteiger partial charge in [-0.1, -0.05) is 23.2 Å². The van der Waals surface area contributed by atoms with Gasteiger partial charge in [0.15, 0.2) is 0 Å². The molecular weight excluding hydrogens is 214 g/mol. The topological polar surface area (TPSA) is 12.0 Å². The van der Waals surface area contributed by atoms with Gasteiger partial charge in [0.25, 0.3) is 0 Å². The van der Waals surface area contributed by atoms with Crippen molar-refractivity contribution in [3.8, 4) is 0 Å². The Morgan fingerprint density at radius 2 is 2.00 bits per heavy atom. The standard InChI is InChI=1S/C6H4Cl2F3N/c7-4-2-1-3-12-5(4,8)6(9,10)11/h1-3,12H. The van der Waals surface area contributed by atoms with Crippen molar-refractivity contribution in [3.63, 3.8) is 0 Å². The van der Waals surface area contributed by atoms with Crippen molar-refractivity contribution in [3.05, 3.63) is 23.4 Å².